The van der Waals surface area contributed by atoms with Gasteiger partial charge in [0.25, 0.3) is 0 Å². The van der Waals surface area contributed by atoms with Crippen molar-refractivity contribution in [1.29, 1.82) is 0 Å². The highest BCUT2D eigenvalue weighted by molar-refractivity contribution is 6.29. The maximum absolute atomic E-state index is 11.1. The fraction of sp³-hybridized carbons (Fsp3) is 0.556. The molecule has 0 bridgehead atoms. The molecule has 2 amide bonds. The monoisotopic (exact) mass is 234 g/mol. The number of rotatable bonds is 6. The van der Waals surface area contributed by atoms with Gasteiger partial charge in [0.1, 0.15) is 0 Å². The minimum atomic E-state index is -0.876. The Labute approximate surface area is 93.5 Å². The summed E-state index contributed by atoms with van der Waals surface area (Å²) in [4.78, 5) is 21.4. The van der Waals surface area contributed by atoms with E-state index < -0.39 is 5.97 Å². The van der Waals surface area contributed by atoms with Gasteiger partial charge in [0.05, 0.1) is 6.54 Å². The molecule has 0 aromatic rings. The van der Waals surface area contributed by atoms with Crippen molar-refractivity contribution in [1.82, 2.24) is 10.6 Å². The van der Waals surface area contributed by atoms with Gasteiger partial charge in [0.2, 0.25) is 0 Å². The second kappa shape index (κ2) is 7.11. The molecule has 0 radical (unpaired) electrons. The van der Waals surface area contributed by atoms with Crippen molar-refractivity contribution in [2.45, 2.75) is 13.3 Å². The van der Waals surface area contributed by atoms with Gasteiger partial charge in [0.15, 0.2) is 0 Å². The first-order valence-electron chi connectivity index (χ1n) is 4.48. The van der Waals surface area contributed by atoms with Crippen molar-refractivity contribution in [3.8, 4) is 0 Å². The zero-order valence-corrected chi connectivity index (χ0v) is 9.30. The normalized spacial score (nSPS) is 11.6. The molecule has 0 fully saturated rings. The summed E-state index contributed by atoms with van der Waals surface area (Å²) in [7, 11) is 0. The maximum atomic E-state index is 11.1. The Balaban J connectivity index is 3.61. The molecule has 5 nitrogen and oxygen atoms in total. The number of aliphatic carboxylic acids is 1. The number of nitrogens with one attached hydrogen (secondary N) is 2. The first-order chi connectivity index (χ1) is 6.91. The highest BCUT2D eigenvalue weighted by Gasteiger charge is 2.08. The van der Waals surface area contributed by atoms with Crippen molar-refractivity contribution in [3.63, 3.8) is 0 Å². The third-order valence-electron chi connectivity index (χ3n) is 1.57. The van der Waals surface area contributed by atoms with Crippen molar-refractivity contribution in [3.05, 3.63) is 11.6 Å². The zero-order valence-electron chi connectivity index (χ0n) is 8.55. The van der Waals surface area contributed by atoms with E-state index in [1.165, 1.54) is 0 Å². The molecule has 6 heteroatoms. The van der Waals surface area contributed by atoms with Crippen LogP contribution in [-0.4, -0.2) is 30.2 Å². The highest BCUT2D eigenvalue weighted by Crippen LogP contribution is 1.99. The van der Waals surface area contributed by atoms with Gasteiger partial charge in [-0.3, -0.25) is 4.79 Å². The van der Waals surface area contributed by atoms with Gasteiger partial charge in [-0.25, -0.2) is 4.79 Å². The molecule has 0 spiro atoms. The summed E-state index contributed by atoms with van der Waals surface area (Å²) in [6.07, 6.45) is 0.0303. The minimum absolute atomic E-state index is 0.0303. The van der Waals surface area contributed by atoms with E-state index in [1.54, 1.807) is 6.92 Å². The number of carboxylic acids is 1. The summed E-state index contributed by atoms with van der Waals surface area (Å²) in [6.45, 7) is 5.66. The summed E-state index contributed by atoms with van der Waals surface area (Å²) < 4.78 is 0. The molecule has 0 aliphatic rings. The topological polar surface area (TPSA) is 78.4 Å². The molecule has 0 rings (SSSR count). The molecule has 1 atom stereocenters. The largest absolute Gasteiger partial charge is 0.481 e. The molecule has 0 heterocycles. The Hall–Kier alpha value is -1.23. The molecule has 0 aromatic carbocycles. The molecule has 0 aliphatic heterocycles. The van der Waals surface area contributed by atoms with Crippen LogP contribution in [0, 0.1) is 5.92 Å². The van der Waals surface area contributed by atoms with E-state index >= 15 is 0 Å². The Bertz CT molecular complexity index is 256. The Morgan fingerprint density at radius 1 is 1.47 bits per heavy atom. The van der Waals surface area contributed by atoms with E-state index in [1.807, 2.05) is 0 Å². The number of carboxylic acid groups (broad SMARTS) is 1. The van der Waals surface area contributed by atoms with Crippen molar-refractivity contribution in [2.75, 3.05) is 13.1 Å². The van der Waals surface area contributed by atoms with Crippen LogP contribution in [-0.2, 0) is 4.79 Å². The Morgan fingerprint density at radius 3 is 2.53 bits per heavy atom. The molecule has 0 saturated heterocycles. The van der Waals surface area contributed by atoms with Crippen LogP contribution in [0.2, 0.25) is 0 Å². The second-order valence-electron chi connectivity index (χ2n) is 3.28. The number of urea groups is 1. The van der Waals surface area contributed by atoms with Gasteiger partial charge in [0, 0.05) is 18.0 Å². The molecule has 0 aromatic heterocycles. The van der Waals surface area contributed by atoms with E-state index in [4.69, 9.17) is 16.7 Å². The summed E-state index contributed by atoms with van der Waals surface area (Å²) in [5, 5.41) is 13.8. The van der Waals surface area contributed by atoms with Crippen molar-refractivity contribution < 1.29 is 14.7 Å². The van der Waals surface area contributed by atoms with Gasteiger partial charge in [-0.15, -0.1) is 0 Å². The van der Waals surface area contributed by atoms with E-state index in [9.17, 15) is 9.59 Å². The van der Waals surface area contributed by atoms with Crippen LogP contribution in [0.5, 0.6) is 0 Å². The quantitative estimate of drug-likeness (QED) is 0.645. The molecule has 0 aliphatic carbocycles. The van der Waals surface area contributed by atoms with Crippen molar-refractivity contribution in [2.24, 2.45) is 5.92 Å². The van der Waals surface area contributed by atoms with Crippen LogP contribution in [0.15, 0.2) is 11.6 Å². The predicted octanol–water partition coefficient (Wildman–Crippen LogP) is 1.15. The van der Waals surface area contributed by atoms with Gasteiger partial charge in [-0.2, -0.15) is 0 Å². The Kier molecular flexibility index (Phi) is 6.53. The SMILES string of the molecule is C=C(Cl)CNC(=O)NCC(C)CC(=O)O. The average molecular weight is 235 g/mol. The van der Waals surface area contributed by atoms with Gasteiger partial charge in [-0.1, -0.05) is 25.1 Å². The van der Waals surface area contributed by atoms with Crippen LogP contribution < -0.4 is 10.6 Å². The van der Waals surface area contributed by atoms with E-state index in [0.29, 0.717) is 11.6 Å². The lowest BCUT2D eigenvalue weighted by Gasteiger charge is -2.10. The van der Waals surface area contributed by atoms with Crippen LogP contribution in [0.3, 0.4) is 0 Å². The zero-order chi connectivity index (χ0) is 11.8. The van der Waals surface area contributed by atoms with Gasteiger partial charge in [-0.05, 0) is 5.92 Å². The predicted molar refractivity (Wildman–Crippen MR) is 57.8 cm³/mol. The van der Waals surface area contributed by atoms with E-state index in [2.05, 4.69) is 17.2 Å². The summed E-state index contributed by atoms with van der Waals surface area (Å²) >= 11 is 5.44. The number of carbonyl (C=O) groups excluding carboxylic acids is 1. The van der Waals surface area contributed by atoms with Gasteiger partial charge < -0.3 is 15.7 Å². The lowest BCUT2D eigenvalue weighted by Crippen LogP contribution is -2.38. The molecular formula is C9H15ClN2O3. The number of hydrogen-bond donors (Lipinski definition) is 3. The number of amides is 2. The molecular weight excluding hydrogens is 220 g/mol. The van der Waals surface area contributed by atoms with Crippen LogP contribution in [0.1, 0.15) is 13.3 Å². The number of halogens is 1. The highest BCUT2D eigenvalue weighted by atomic mass is 35.5. The first kappa shape index (κ1) is 13.8. The van der Waals surface area contributed by atoms with Gasteiger partial charge >= 0.3 is 12.0 Å². The summed E-state index contributed by atoms with van der Waals surface area (Å²) in [6, 6.07) is -0.381. The smallest absolute Gasteiger partial charge is 0.315 e. The number of hydrogen-bond acceptors (Lipinski definition) is 2. The van der Waals surface area contributed by atoms with E-state index in [0.717, 1.165) is 0 Å². The number of carbonyl (C=O) groups is 2. The minimum Gasteiger partial charge on any atom is -0.481 e. The first-order valence-corrected chi connectivity index (χ1v) is 4.86. The van der Waals surface area contributed by atoms with Crippen LogP contribution in [0.4, 0.5) is 4.79 Å². The fourth-order valence-corrected chi connectivity index (χ4v) is 0.943. The van der Waals surface area contributed by atoms with Crippen LogP contribution >= 0.6 is 11.6 Å². The summed E-state index contributed by atoms with van der Waals surface area (Å²) in [5.74, 6) is -0.980. The molecule has 86 valence electrons. The molecule has 1 unspecified atom stereocenters. The second-order valence-corrected chi connectivity index (χ2v) is 3.82. The molecule has 0 saturated carbocycles. The van der Waals surface area contributed by atoms with Crippen LogP contribution in [0.25, 0.3) is 0 Å². The third kappa shape index (κ3) is 9.08. The lowest BCUT2D eigenvalue weighted by atomic mass is 10.1. The van der Waals surface area contributed by atoms with E-state index in [-0.39, 0.29) is 24.9 Å². The fourth-order valence-electron chi connectivity index (χ4n) is 0.876. The lowest BCUT2D eigenvalue weighted by molar-refractivity contribution is -0.137. The average Bonchev–Trinajstić information content (AvgIpc) is 2.10. The summed E-state index contributed by atoms with van der Waals surface area (Å²) in [5.41, 5.74) is 0. The van der Waals surface area contributed by atoms with Crippen molar-refractivity contribution >= 4 is 23.6 Å². The molecule has 3 N–H and O–H groups in total. The Morgan fingerprint density at radius 2 is 2.07 bits per heavy atom. The maximum Gasteiger partial charge on any atom is 0.315 e. The third-order valence-corrected chi connectivity index (χ3v) is 1.71. The molecule has 15 heavy (non-hydrogen) atoms. The standard InChI is InChI=1S/C9H15ClN2O3/c1-6(3-8(13)14)4-11-9(15)12-5-7(2)10/h6H,2-5H2,1H3,(H,13,14)(H2,11,12,15).